The molecule has 1 aromatic carbocycles. The number of hydrogen-bond acceptors (Lipinski definition) is 4. The molecule has 3 rings (SSSR count). The number of rotatable bonds is 8. The van der Waals surface area contributed by atoms with Gasteiger partial charge in [-0.15, -0.1) is 24.0 Å². The fourth-order valence-corrected chi connectivity index (χ4v) is 5.52. The lowest BCUT2D eigenvalue weighted by molar-refractivity contribution is 0.0904. The Morgan fingerprint density at radius 2 is 1.81 bits per heavy atom. The molecule has 0 unspecified atom stereocenters. The molecule has 1 N–H and O–H groups in total. The van der Waals surface area contributed by atoms with Crippen LogP contribution in [0.25, 0.3) is 0 Å². The smallest absolute Gasteiger partial charge is 0.216 e. The van der Waals surface area contributed by atoms with Crippen LogP contribution in [0.4, 0.5) is 0 Å². The SMILES string of the molecule is CN=C(NCC1(c2ccccc2)CCC1)N1CCN(S(=O)(=O)CCOC(C)C)CC1.I. The summed E-state index contributed by atoms with van der Waals surface area (Å²) in [5, 5.41) is 3.57. The normalized spacial score (nSPS) is 19.6. The van der Waals surface area contributed by atoms with Crippen molar-refractivity contribution in [3.63, 3.8) is 0 Å². The monoisotopic (exact) mass is 564 g/mol. The summed E-state index contributed by atoms with van der Waals surface area (Å²) in [5.74, 6) is 0.898. The number of hydrogen-bond donors (Lipinski definition) is 1. The van der Waals surface area contributed by atoms with E-state index in [2.05, 4.69) is 45.5 Å². The van der Waals surface area contributed by atoms with E-state index in [1.54, 1.807) is 11.4 Å². The molecule has 31 heavy (non-hydrogen) atoms. The Bertz CT molecular complexity index is 805. The minimum absolute atomic E-state index is 0. The second-order valence-corrected chi connectivity index (χ2v) is 10.6. The molecule has 0 radical (unpaired) electrons. The summed E-state index contributed by atoms with van der Waals surface area (Å²) in [4.78, 5) is 6.63. The maximum Gasteiger partial charge on any atom is 0.216 e. The summed E-state index contributed by atoms with van der Waals surface area (Å²) in [5.41, 5.74) is 1.57. The van der Waals surface area contributed by atoms with Crippen LogP contribution in [-0.2, 0) is 20.2 Å². The zero-order chi connectivity index (χ0) is 21.6. The van der Waals surface area contributed by atoms with E-state index in [0.29, 0.717) is 26.2 Å². The standard InChI is InChI=1S/C22H36N4O3S.HI/c1-19(2)29-16-17-30(27,28)26-14-12-25(13-15-26)21(23-3)24-18-22(10-7-11-22)20-8-5-4-6-9-20;/h4-6,8-9,19H,7,10-18H2,1-3H3,(H,23,24);1H. The molecule has 2 fully saturated rings. The molecule has 1 aromatic rings. The largest absolute Gasteiger partial charge is 0.378 e. The lowest BCUT2D eigenvalue weighted by Crippen LogP contribution is -2.56. The minimum atomic E-state index is -3.28. The topological polar surface area (TPSA) is 74.2 Å². The van der Waals surface area contributed by atoms with Crippen molar-refractivity contribution in [2.75, 3.05) is 52.1 Å². The zero-order valence-corrected chi connectivity index (χ0v) is 22.1. The highest BCUT2D eigenvalue weighted by Gasteiger charge is 2.39. The van der Waals surface area contributed by atoms with E-state index in [4.69, 9.17) is 4.74 Å². The Morgan fingerprint density at radius 3 is 2.32 bits per heavy atom. The minimum Gasteiger partial charge on any atom is -0.378 e. The first-order valence-electron chi connectivity index (χ1n) is 11.0. The summed E-state index contributed by atoms with van der Waals surface area (Å²) in [6, 6.07) is 10.7. The van der Waals surface area contributed by atoms with Crippen LogP contribution in [0.3, 0.4) is 0 Å². The average molecular weight is 565 g/mol. The van der Waals surface area contributed by atoms with Crippen LogP contribution in [0.1, 0.15) is 38.7 Å². The van der Waals surface area contributed by atoms with E-state index >= 15 is 0 Å². The van der Waals surface area contributed by atoms with Crippen molar-refractivity contribution < 1.29 is 13.2 Å². The number of benzene rings is 1. The first-order chi connectivity index (χ1) is 14.4. The van der Waals surface area contributed by atoms with Gasteiger partial charge in [-0.2, -0.15) is 4.31 Å². The number of sulfonamides is 1. The van der Waals surface area contributed by atoms with Gasteiger partial charge in [-0.05, 0) is 32.3 Å². The number of ether oxygens (including phenoxy) is 1. The van der Waals surface area contributed by atoms with Gasteiger partial charge >= 0.3 is 0 Å². The maximum atomic E-state index is 12.6. The van der Waals surface area contributed by atoms with Gasteiger partial charge in [0.05, 0.1) is 18.5 Å². The molecular weight excluding hydrogens is 527 g/mol. The van der Waals surface area contributed by atoms with Crippen molar-refractivity contribution in [2.24, 2.45) is 4.99 Å². The molecule has 1 aliphatic heterocycles. The predicted octanol–water partition coefficient (Wildman–Crippen LogP) is 2.67. The van der Waals surface area contributed by atoms with E-state index in [9.17, 15) is 8.42 Å². The molecule has 7 nitrogen and oxygen atoms in total. The second kappa shape index (κ2) is 11.8. The molecule has 1 saturated heterocycles. The molecule has 2 aliphatic rings. The first-order valence-corrected chi connectivity index (χ1v) is 12.6. The number of halogens is 1. The summed E-state index contributed by atoms with van der Waals surface area (Å²) in [6.07, 6.45) is 3.67. The summed E-state index contributed by atoms with van der Waals surface area (Å²) < 4.78 is 32.1. The highest BCUT2D eigenvalue weighted by atomic mass is 127. The van der Waals surface area contributed by atoms with Gasteiger partial charge in [0, 0.05) is 45.2 Å². The Morgan fingerprint density at radius 1 is 1.16 bits per heavy atom. The van der Waals surface area contributed by atoms with Gasteiger partial charge in [0.25, 0.3) is 0 Å². The van der Waals surface area contributed by atoms with Gasteiger partial charge in [0.1, 0.15) is 0 Å². The van der Waals surface area contributed by atoms with Crippen LogP contribution >= 0.6 is 24.0 Å². The first kappa shape index (κ1) is 26.3. The third-order valence-electron chi connectivity index (χ3n) is 6.22. The molecule has 1 saturated carbocycles. The summed E-state index contributed by atoms with van der Waals surface area (Å²) in [7, 11) is -1.48. The number of nitrogens with zero attached hydrogens (tertiary/aromatic N) is 3. The van der Waals surface area contributed by atoms with Gasteiger partial charge in [0.15, 0.2) is 5.96 Å². The lowest BCUT2D eigenvalue weighted by atomic mass is 9.64. The average Bonchev–Trinajstić information content (AvgIpc) is 2.70. The van der Waals surface area contributed by atoms with Crippen molar-refractivity contribution >= 4 is 40.0 Å². The Kier molecular flexibility index (Phi) is 10.0. The molecule has 0 spiro atoms. The highest BCUT2D eigenvalue weighted by molar-refractivity contribution is 14.0. The van der Waals surface area contributed by atoms with E-state index in [1.807, 2.05) is 13.8 Å². The van der Waals surface area contributed by atoms with E-state index < -0.39 is 10.0 Å². The highest BCUT2D eigenvalue weighted by Crippen LogP contribution is 2.43. The second-order valence-electron chi connectivity index (χ2n) is 8.52. The van der Waals surface area contributed by atoms with Crippen LogP contribution < -0.4 is 5.32 Å². The molecule has 0 amide bonds. The summed E-state index contributed by atoms with van der Waals surface area (Å²) in [6.45, 7) is 7.17. The molecule has 0 atom stereocenters. The fourth-order valence-electron chi connectivity index (χ4n) is 4.24. The third kappa shape index (κ3) is 6.79. The Hall–Kier alpha value is -0.910. The van der Waals surface area contributed by atoms with Gasteiger partial charge in [-0.25, -0.2) is 8.42 Å². The Balaban J connectivity index is 0.00000341. The van der Waals surface area contributed by atoms with Gasteiger partial charge < -0.3 is 15.0 Å². The molecule has 176 valence electrons. The third-order valence-corrected chi connectivity index (χ3v) is 8.05. The molecule has 0 bridgehead atoms. The molecule has 1 heterocycles. The number of guanidine groups is 1. The summed E-state index contributed by atoms with van der Waals surface area (Å²) >= 11 is 0. The van der Waals surface area contributed by atoms with E-state index in [-0.39, 0.29) is 47.9 Å². The van der Waals surface area contributed by atoms with Gasteiger partial charge in [-0.3, -0.25) is 4.99 Å². The number of nitrogens with one attached hydrogen (secondary N) is 1. The van der Waals surface area contributed by atoms with Gasteiger partial charge in [-0.1, -0.05) is 36.8 Å². The predicted molar refractivity (Wildman–Crippen MR) is 137 cm³/mol. The molecule has 9 heteroatoms. The van der Waals surface area contributed by atoms with Crippen LogP contribution in [0, 0.1) is 0 Å². The van der Waals surface area contributed by atoms with Crippen LogP contribution in [0.15, 0.2) is 35.3 Å². The van der Waals surface area contributed by atoms with Crippen molar-refractivity contribution in [3.8, 4) is 0 Å². The van der Waals surface area contributed by atoms with Crippen molar-refractivity contribution in [1.29, 1.82) is 0 Å². The number of aliphatic imine (C=N–C) groups is 1. The molecule has 0 aromatic heterocycles. The number of piperazine rings is 1. The van der Waals surface area contributed by atoms with Crippen molar-refractivity contribution in [2.45, 2.75) is 44.6 Å². The molecule has 1 aliphatic carbocycles. The van der Waals surface area contributed by atoms with Crippen LogP contribution in [0.5, 0.6) is 0 Å². The van der Waals surface area contributed by atoms with Gasteiger partial charge in [0.2, 0.25) is 10.0 Å². The lowest BCUT2D eigenvalue weighted by Gasteiger charge is -2.44. The molecular formula is C22H37IN4O3S. The fraction of sp³-hybridized carbons (Fsp3) is 0.682. The maximum absolute atomic E-state index is 12.6. The van der Waals surface area contributed by atoms with Crippen LogP contribution in [0.2, 0.25) is 0 Å². The van der Waals surface area contributed by atoms with E-state index in [0.717, 1.165) is 12.5 Å². The van der Waals surface area contributed by atoms with E-state index in [1.165, 1.54) is 24.8 Å². The van der Waals surface area contributed by atoms with Crippen molar-refractivity contribution in [3.05, 3.63) is 35.9 Å². The zero-order valence-electron chi connectivity index (χ0n) is 18.9. The quantitative estimate of drug-likeness (QED) is 0.299. The van der Waals surface area contributed by atoms with Crippen molar-refractivity contribution in [1.82, 2.24) is 14.5 Å². The Labute approximate surface area is 204 Å². The van der Waals surface area contributed by atoms with Crippen LogP contribution in [-0.4, -0.2) is 81.8 Å².